The lowest BCUT2D eigenvalue weighted by atomic mass is 9.93. The third-order valence-corrected chi connectivity index (χ3v) is 5.64. The number of amides is 2. The van der Waals surface area contributed by atoms with Crippen molar-refractivity contribution in [3.8, 4) is 0 Å². The number of rotatable bonds is 4. The number of likely N-dealkylation sites (tertiary alicyclic amines) is 1. The summed E-state index contributed by atoms with van der Waals surface area (Å²) in [6.07, 6.45) is 2.09. The van der Waals surface area contributed by atoms with Gasteiger partial charge < -0.3 is 9.80 Å². The predicted molar refractivity (Wildman–Crippen MR) is 105 cm³/mol. The standard InChI is InChI=1S/C22H25N3O2/c1-15(2)16-6-8-19(9-7-16)25-14-17(11-21(25)26)22(27)24-12-18(13-24)20-5-3-4-10-23-20/h3-10,15,17-18H,11-14H2,1-2H3/t17-/m0/s1. The van der Waals surface area contributed by atoms with E-state index in [0.717, 1.165) is 11.4 Å². The highest BCUT2D eigenvalue weighted by Gasteiger charge is 2.41. The molecule has 5 nitrogen and oxygen atoms in total. The van der Waals surface area contributed by atoms with E-state index in [1.165, 1.54) is 5.56 Å². The Kier molecular flexibility index (Phi) is 4.68. The molecule has 2 fully saturated rings. The Balaban J connectivity index is 1.37. The van der Waals surface area contributed by atoms with Crippen LogP contribution in [0.1, 0.15) is 43.4 Å². The molecule has 3 heterocycles. The number of nitrogens with zero attached hydrogens (tertiary/aromatic N) is 3. The minimum Gasteiger partial charge on any atom is -0.341 e. The minimum absolute atomic E-state index is 0.0347. The Bertz CT molecular complexity index is 826. The van der Waals surface area contributed by atoms with E-state index in [1.807, 2.05) is 35.2 Å². The number of carbonyl (C=O) groups excluding carboxylic acids is 2. The Morgan fingerprint density at radius 1 is 1.07 bits per heavy atom. The van der Waals surface area contributed by atoms with Gasteiger partial charge in [0.1, 0.15) is 0 Å². The normalized spacial score (nSPS) is 20.3. The lowest BCUT2D eigenvalue weighted by molar-refractivity contribution is -0.140. The van der Waals surface area contributed by atoms with Crippen LogP contribution in [0.3, 0.4) is 0 Å². The van der Waals surface area contributed by atoms with Crippen LogP contribution in [0.25, 0.3) is 0 Å². The second-order valence-corrected chi connectivity index (χ2v) is 7.85. The summed E-state index contributed by atoms with van der Waals surface area (Å²) in [4.78, 5) is 33.3. The first-order valence-corrected chi connectivity index (χ1v) is 9.63. The molecule has 2 aromatic rings. The SMILES string of the molecule is CC(C)c1ccc(N2C[C@@H](C(=O)N3CC(c4ccccn4)C3)CC2=O)cc1. The average molecular weight is 363 g/mol. The minimum atomic E-state index is -0.244. The van der Waals surface area contributed by atoms with Crippen LogP contribution in [0.15, 0.2) is 48.7 Å². The maximum Gasteiger partial charge on any atom is 0.228 e. The van der Waals surface area contributed by atoms with Crippen molar-refractivity contribution in [2.45, 2.75) is 32.1 Å². The molecule has 4 rings (SSSR count). The van der Waals surface area contributed by atoms with Crippen molar-refractivity contribution in [2.24, 2.45) is 5.92 Å². The predicted octanol–water partition coefficient (Wildman–Crippen LogP) is 3.18. The molecule has 27 heavy (non-hydrogen) atoms. The first-order chi connectivity index (χ1) is 13.0. The number of hydrogen-bond acceptors (Lipinski definition) is 3. The van der Waals surface area contributed by atoms with Crippen LogP contribution in [0.2, 0.25) is 0 Å². The highest BCUT2D eigenvalue weighted by Crippen LogP contribution is 2.31. The molecule has 0 aliphatic carbocycles. The molecule has 2 aliphatic heterocycles. The van der Waals surface area contributed by atoms with Crippen molar-refractivity contribution in [3.63, 3.8) is 0 Å². The van der Waals surface area contributed by atoms with Crippen molar-refractivity contribution in [1.82, 2.24) is 9.88 Å². The van der Waals surface area contributed by atoms with Crippen LogP contribution >= 0.6 is 0 Å². The monoisotopic (exact) mass is 363 g/mol. The zero-order valence-electron chi connectivity index (χ0n) is 15.8. The molecule has 0 spiro atoms. The molecule has 0 radical (unpaired) electrons. The summed E-state index contributed by atoms with van der Waals surface area (Å²) < 4.78 is 0. The van der Waals surface area contributed by atoms with Crippen molar-refractivity contribution in [1.29, 1.82) is 0 Å². The van der Waals surface area contributed by atoms with Gasteiger partial charge in [-0.1, -0.05) is 32.0 Å². The first-order valence-electron chi connectivity index (χ1n) is 9.63. The van der Waals surface area contributed by atoms with E-state index in [0.29, 0.717) is 37.9 Å². The van der Waals surface area contributed by atoms with Gasteiger partial charge in [0.2, 0.25) is 11.8 Å². The van der Waals surface area contributed by atoms with Crippen LogP contribution in [-0.2, 0) is 9.59 Å². The van der Waals surface area contributed by atoms with E-state index in [1.54, 1.807) is 11.1 Å². The van der Waals surface area contributed by atoms with E-state index in [4.69, 9.17) is 0 Å². The Morgan fingerprint density at radius 3 is 2.44 bits per heavy atom. The molecule has 2 saturated heterocycles. The third kappa shape index (κ3) is 3.46. The van der Waals surface area contributed by atoms with Crippen molar-refractivity contribution < 1.29 is 9.59 Å². The molecule has 0 N–H and O–H groups in total. The van der Waals surface area contributed by atoms with Gasteiger partial charge >= 0.3 is 0 Å². The summed E-state index contributed by atoms with van der Waals surface area (Å²) in [6, 6.07) is 14.0. The van der Waals surface area contributed by atoms with Gasteiger partial charge in [0.25, 0.3) is 0 Å². The summed E-state index contributed by atoms with van der Waals surface area (Å²) in [5.74, 6) is 0.657. The van der Waals surface area contributed by atoms with Gasteiger partial charge in [0.15, 0.2) is 0 Å². The molecule has 140 valence electrons. The van der Waals surface area contributed by atoms with Gasteiger partial charge in [-0.25, -0.2) is 0 Å². The number of carbonyl (C=O) groups is 2. The van der Waals surface area contributed by atoms with Crippen LogP contribution in [0, 0.1) is 5.92 Å². The van der Waals surface area contributed by atoms with Crippen LogP contribution in [-0.4, -0.2) is 41.3 Å². The highest BCUT2D eigenvalue weighted by atomic mass is 16.2. The van der Waals surface area contributed by atoms with Gasteiger partial charge in [-0.05, 0) is 35.7 Å². The van der Waals surface area contributed by atoms with Crippen LogP contribution in [0.4, 0.5) is 5.69 Å². The number of anilines is 1. The lowest BCUT2D eigenvalue weighted by Crippen LogP contribution is -2.51. The number of benzene rings is 1. The summed E-state index contributed by atoms with van der Waals surface area (Å²) in [5.41, 5.74) is 3.17. The molecule has 5 heteroatoms. The van der Waals surface area contributed by atoms with Crippen molar-refractivity contribution in [3.05, 3.63) is 59.9 Å². The van der Waals surface area contributed by atoms with E-state index < -0.39 is 0 Å². The molecule has 0 saturated carbocycles. The third-order valence-electron chi connectivity index (χ3n) is 5.64. The summed E-state index contributed by atoms with van der Waals surface area (Å²) >= 11 is 0. The van der Waals surface area contributed by atoms with E-state index in [9.17, 15) is 9.59 Å². The zero-order chi connectivity index (χ0) is 19.0. The smallest absolute Gasteiger partial charge is 0.228 e. The van der Waals surface area contributed by atoms with Gasteiger partial charge in [-0.15, -0.1) is 0 Å². The maximum absolute atomic E-state index is 12.8. The zero-order valence-corrected chi connectivity index (χ0v) is 15.8. The summed E-state index contributed by atoms with van der Waals surface area (Å²) in [7, 11) is 0. The number of pyridine rings is 1. The molecule has 0 bridgehead atoms. The van der Waals surface area contributed by atoms with Gasteiger partial charge in [-0.2, -0.15) is 0 Å². The Hall–Kier alpha value is -2.69. The molecule has 2 aliphatic rings. The molecular formula is C22H25N3O2. The van der Waals surface area contributed by atoms with Crippen molar-refractivity contribution in [2.75, 3.05) is 24.5 Å². The number of hydrogen-bond donors (Lipinski definition) is 0. The fraction of sp³-hybridized carbons (Fsp3) is 0.409. The van der Waals surface area contributed by atoms with E-state index in [2.05, 4.69) is 31.0 Å². The lowest BCUT2D eigenvalue weighted by Gasteiger charge is -2.40. The quantitative estimate of drug-likeness (QED) is 0.838. The summed E-state index contributed by atoms with van der Waals surface area (Å²) in [5, 5.41) is 0. The molecule has 0 unspecified atom stereocenters. The second-order valence-electron chi connectivity index (χ2n) is 7.85. The second kappa shape index (κ2) is 7.14. The Labute approximate surface area is 160 Å². The largest absolute Gasteiger partial charge is 0.341 e. The average Bonchev–Trinajstić information content (AvgIpc) is 3.03. The Morgan fingerprint density at radius 2 is 1.81 bits per heavy atom. The number of aromatic nitrogens is 1. The van der Waals surface area contributed by atoms with E-state index in [-0.39, 0.29) is 17.7 Å². The van der Waals surface area contributed by atoms with Crippen LogP contribution in [0.5, 0.6) is 0 Å². The fourth-order valence-electron chi connectivity index (χ4n) is 3.88. The summed E-state index contributed by atoms with van der Waals surface area (Å²) in [6.45, 7) is 6.17. The van der Waals surface area contributed by atoms with E-state index >= 15 is 0 Å². The van der Waals surface area contributed by atoms with Crippen molar-refractivity contribution >= 4 is 17.5 Å². The fourth-order valence-corrected chi connectivity index (χ4v) is 3.88. The first kappa shape index (κ1) is 17.7. The van der Waals surface area contributed by atoms with Gasteiger partial charge in [0.05, 0.1) is 5.92 Å². The van der Waals surface area contributed by atoms with Gasteiger partial charge in [0, 0.05) is 49.6 Å². The highest BCUT2D eigenvalue weighted by molar-refractivity contribution is 6.00. The maximum atomic E-state index is 12.8. The molecular weight excluding hydrogens is 338 g/mol. The van der Waals surface area contributed by atoms with Crippen LogP contribution < -0.4 is 4.90 Å². The molecule has 1 aromatic carbocycles. The van der Waals surface area contributed by atoms with Gasteiger partial charge in [-0.3, -0.25) is 14.6 Å². The molecule has 1 aromatic heterocycles. The topological polar surface area (TPSA) is 53.5 Å². The molecule has 1 atom stereocenters. The molecule has 2 amide bonds.